The van der Waals surface area contributed by atoms with Crippen molar-refractivity contribution < 1.29 is 9.26 Å². The van der Waals surface area contributed by atoms with Crippen LogP contribution in [0.25, 0.3) is 0 Å². The number of nitrogens with zero attached hydrogens (tertiary/aromatic N) is 3. The van der Waals surface area contributed by atoms with E-state index in [4.69, 9.17) is 9.26 Å². The van der Waals surface area contributed by atoms with Crippen LogP contribution >= 0.6 is 0 Å². The first-order valence-corrected chi connectivity index (χ1v) is 6.95. The number of aromatic nitrogens is 3. The fraction of sp³-hybridized carbons (Fsp3) is 0.500. The highest BCUT2D eigenvalue weighted by Crippen LogP contribution is 2.29. The van der Waals surface area contributed by atoms with Gasteiger partial charge >= 0.3 is 0 Å². The minimum absolute atomic E-state index is 0.571. The molecule has 0 aliphatic carbocycles. The molecule has 0 atom stereocenters. The van der Waals surface area contributed by atoms with Crippen LogP contribution in [0.4, 0.5) is 11.6 Å². The van der Waals surface area contributed by atoms with Crippen LogP contribution in [-0.4, -0.2) is 28.8 Å². The van der Waals surface area contributed by atoms with E-state index in [1.54, 1.807) is 7.11 Å². The van der Waals surface area contributed by atoms with Gasteiger partial charge in [0.1, 0.15) is 12.1 Å². The minimum Gasteiger partial charge on any atom is -0.490 e. The molecule has 0 aromatic carbocycles. The summed E-state index contributed by atoms with van der Waals surface area (Å²) in [6, 6.07) is 0. The van der Waals surface area contributed by atoms with Crippen molar-refractivity contribution in [3.63, 3.8) is 0 Å². The number of hydrogen-bond donors (Lipinski definition) is 2. The molecule has 0 unspecified atom stereocenters. The summed E-state index contributed by atoms with van der Waals surface area (Å²) < 4.78 is 10.6. The number of nitrogens with one attached hydrogen (secondary N) is 2. The van der Waals surface area contributed by atoms with E-state index in [1.165, 1.54) is 6.33 Å². The van der Waals surface area contributed by atoms with Crippen molar-refractivity contribution in [2.45, 2.75) is 33.7 Å². The Balaban J connectivity index is 2.16. The molecular weight excluding hydrogens is 270 g/mol. The molecule has 2 aromatic rings. The summed E-state index contributed by atoms with van der Waals surface area (Å²) in [5, 5.41) is 10.4. The van der Waals surface area contributed by atoms with E-state index in [0.717, 1.165) is 30.0 Å². The maximum atomic E-state index is 5.41. The predicted octanol–water partition coefficient (Wildman–Crippen LogP) is 2.52. The second-order valence-electron chi connectivity index (χ2n) is 4.69. The largest absolute Gasteiger partial charge is 0.490 e. The number of ether oxygens (including phenoxy) is 1. The molecule has 21 heavy (non-hydrogen) atoms. The molecule has 114 valence electrons. The average molecular weight is 291 g/mol. The molecule has 0 saturated heterocycles. The Morgan fingerprint density at radius 2 is 1.90 bits per heavy atom. The van der Waals surface area contributed by atoms with Gasteiger partial charge < -0.3 is 19.9 Å². The van der Waals surface area contributed by atoms with Gasteiger partial charge in [0, 0.05) is 18.7 Å². The number of hydrogen-bond acceptors (Lipinski definition) is 7. The second-order valence-corrected chi connectivity index (χ2v) is 4.69. The van der Waals surface area contributed by atoms with Gasteiger partial charge in [0.25, 0.3) is 0 Å². The highest BCUT2D eigenvalue weighted by Gasteiger charge is 2.14. The highest BCUT2D eigenvalue weighted by molar-refractivity contribution is 5.63. The smallest absolute Gasteiger partial charge is 0.204 e. The highest BCUT2D eigenvalue weighted by atomic mass is 16.5. The van der Waals surface area contributed by atoms with Crippen molar-refractivity contribution in [3.8, 4) is 5.75 Å². The Bertz CT molecular complexity index is 578. The number of anilines is 2. The Hall–Kier alpha value is -2.31. The standard InChI is InChI=1S/C14H21N5O2/c1-5-6-15-13-12(20-4)14(18-8-17-13)16-7-11-9(2)19-21-10(11)3/h8H,5-7H2,1-4H3,(H2,15,16,17,18). The lowest BCUT2D eigenvalue weighted by Crippen LogP contribution is -2.09. The summed E-state index contributed by atoms with van der Waals surface area (Å²) in [6.07, 6.45) is 2.52. The zero-order chi connectivity index (χ0) is 15.2. The van der Waals surface area contributed by atoms with Gasteiger partial charge in [0.2, 0.25) is 5.75 Å². The van der Waals surface area contributed by atoms with E-state index in [1.807, 2.05) is 13.8 Å². The van der Waals surface area contributed by atoms with Gasteiger partial charge in [0.15, 0.2) is 11.6 Å². The van der Waals surface area contributed by atoms with E-state index >= 15 is 0 Å². The summed E-state index contributed by atoms with van der Waals surface area (Å²) >= 11 is 0. The molecule has 7 heteroatoms. The predicted molar refractivity (Wildman–Crippen MR) is 80.7 cm³/mol. The van der Waals surface area contributed by atoms with Gasteiger partial charge in [-0.25, -0.2) is 9.97 Å². The Kier molecular flexibility index (Phi) is 4.97. The second kappa shape index (κ2) is 6.92. The fourth-order valence-electron chi connectivity index (χ4n) is 1.99. The molecule has 0 amide bonds. The SMILES string of the molecule is CCCNc1ncnc(NCc2c(C)noc2C)c1OC. The lowest BCUT2D eigenvalue weighted by atomic mass is 10.2. The molecule has 2 N–H and O–H groups in total. The molecule has 0 aliphatic rings. The van der Waals surface area contributed by atoms with Crippen LogP contribution in [0.5, 0.6) is 5.75 Å². The first kappa shape index (κ1) is 15.1. The molecule has 2 aromatic heterocycles. The molecule has 2 heterocycles. The first-order valence-electron chi connectivity index (χ1n) is 6.95. The van der Waals surface area contributed by atoms with Crippen LogP contribution < -0.4 is 15.4 Å². The van der Waals surface area contributed by atoms with Gasteiger partial charge in [-0.15, -0.1) is 0 Å². The number of aryl methyl sites for hydroxylation is 2. The third kappa shape index (κ3) is 3.42. The van der Waals surface area contributed by atoms with Gasteiger partial charge in [-0.2, -0.15) is 0 Å². The van der Waals surface area contributed by atoms with Crippen LogP contribution in [0, 0.1) is 13.8 Å². The molecule has 0 aliphatic heterocycles. The van der Waals surface area contributed by atoms with E-state index in [-0.39, 0.29) is 0 Å². The van der Waals surface area contributed by atoms with Crippen molar-refractivity contribution in [2.24, 2.45) is 0 Å². The summed E-state index contributed by atoms with van der Waals surface area (Å²) in [4.78, 5) is 8.45. The lowest BCUT2D eigenvalue weighted by Gasteiger charge is -2.13. The van der Waals surface area contributed by atoms with Crippen LogP contribution in [-0.2, 0) is 6.54 Å². The third-order valence-electron chi connectivity index (χ3n) is 3.16. The Labute approximate surface area is 124 Å². The van der Waals surface area contributed by atoms with Crippen molar-refractivity contribution in [3.05, 3.63) is 23.3 Å². The van der Waals surface area contributed by atoms with Gasteiger partial charge in [-0.3, -0.25) is 0 Å². The molecule has 0 radical (unpaired) electrons. The van der Waals surface area contributed by atoms with E-state index in [0.29, 0.717) is 23.9 Å². The molecule has 0 bridgehead atoms. The summed E-state index contributed by atoms with van der Waals surface area (Å²) in [7, 11) is 1.61. The molecule has 7 nitrogen and oxygen atoms in total. The molecule has 2 rings (SSSR count). The zero-order valence-electron chi connectivity index (χ0n) is 12.9. The van der Waals surface area contributed by atoms with Crippen molar-refractivity contribution in [2.75, 3.05) is 24.3 Å². The normalized spacial score (nSPS) is 10.5. The topological polar surface area (TPSA) is 85.1 Å². The average Bonchev–Trinajstić information content (AvgIpc) is 2.81. The Morgan fingerprint density at radius 3 is 2.48 bits per heavy atom. The van der Waals surface area contributed by atoms with E-state index in [2.05, 4.69) is 32.7 Å². The van der Waals surface area contributed by atoms with Gasteiger partial charge in [-0.1, -0.05) is 12.1 Å². The van der Waals surface area contributed by atoms with Crippen molar-refractivity contribution in [1.82, 2.24) is 15.1 Å². The van der Waals surface area contributed by atoms with E-state index < -0.39 is 0 Å². The minimum atomic E-state index is 0.571. The molecule has 0 saturated carbocycles. The third-order valence-corrected chi connectivity index (χ3v) is 3.16. The summed E-state index contributed by atoms with van der Waals surface area (Å²) in [5.41, 5.74) is 1.90. The van der Waals surface area contributed by atoms with Crippen LogP contribution in [0.1, 0.15) is 30.4 Å². The lowest BCUT2D eigenvalue weighted by molar-refractivity contribution is 0.392. The maximum absolute atomic E-state index is 5.41. The Morgan fingerprint density at radius 1 is 1.19 bits per heavy atom. The van der Waals surface area contributed by atoms with Crippen LogP contribution in [0.2, 0.25) is 0 Å². The quantitative estimate of drug-likeness (QED) is 0.810. The number of rotatable bonds is 7. The fourth-order valence-corrected chi connectivity index (χ4v) is 1.99. The van der Waals surface area contributed by atoms with Gasteiger partial charge in [0.05, 0.1) is 12.8 Å². The van der Waals surface area contributed by atoms with Crippen LogP contribution in [0.15, 0.2) is 10.9 Å². The van der Waals surface area contributed by atoms with Crippen LogP contribution in [0.3, 0.4) is 0 Å². The summed E-state index contributed by atoms with van der Waals surface area (Å²) in [5.74, 6) is 2.75. The van der Waals surface area contributed by atoms with E-state index in [9.17, 15) is 0 Å². The monoisotopic (exact) mass is 291 g/mol. The van der Waals surface area contributed by atoms with Crippen molar-refractivity contribution in [1.29, 1.82) is 0 Å². The molecule has 0 fully saturated rings. The maximum Gasteiger partial charge on any atom is 0.204 e. The first-order chi connectivity index (χ1) is 10.2. The number of methoxy groups -OCH3 is 1. The van der Waals surface area contributed by atoms with Gasteiger partial charge in [-0.05, 0) is 20.3 Å². The summed E-state index contributed by atoms with van der Waals surface area (Å²) in [6.45, 7) is 7.30. The zero-order valence-corrected chi connectivity index (χ0v) is 12.9. The molecule has 0 spiro atoms. The molecular formula is C14H21N5O2. The van der Waals surface area contributed by atoms with Crippen molar-refractivity contribution >= 4 is 11.6 Å².